The van der Waals surface area contributed by atoms with Gasteiger partial charge in [0.2, 0.25) is 5.91 Å². The average molecular weight is 482 g/mol. The average Bonchev–Trinajstić information content (AvgIpc) is 3.22. The second kappa shape index (κ2) is 10.0. The Morgan fingerprint density at radius 2 is 1.91 bits per heavy atom. The monoisotopic (exact) mass is 481 g/mol. The van der Waals surface area contributed by atoms with Crippen LogP contribution in [-0.4, -0.2) is 54.8 Å². The molecule has 2 aromatic rings. The van der Waals surface area contributed by atoms with E-state index in [9.17, 15) is 19.2 Å². The Kier molecular flexibility index (Phi) is 6.87. The van der Waals surface area contributed by atoms with Gasteiger partial charge in [0, 0.05) is 4.90 Å². The summed E-state index contributed by atoms with van der Waals surface area (Å²) in [6.45, 7) is 1.42. The van der Waals surface area contributed by atoms with Crippen LogP contribution < -0.4 is 10.6 Å². The van der Waals surface area contributed by atoms with Crippen molar-refractivity contribution in [1.29, 1.82) is 0 Å². The zero-order valence-corrected chi connectivity index (χ0v) is 19.4. The van der Waals surface area contributed by atoms with Gasteiger partial charge in [0.05, 0.1) is 35.2 Å². The van der Waals surface area contributed by atoms with Crippen LogP contribution in [0.15, 0.2) is 64.7 Å². The van der Waals surface area contributed by atoms with Crippen LogP contribution in [0.25, 0.3) is 0 Å². The van der Waals surface area contributed by atoms with E-state index in [0.717, 1.165) is 10.5 Å². The maximum absolute atomic E-state index is 13.0. The minimum absolute atomic E-state index is 0.103. The summed E-state index contributed by atoms with van der Waals surface area (Å²) in [5, 5.41) is 5.46. The zero-order valence-electron chi connectivity index (χ0n) is 18.6. The second-order valence-corrected chi connectivity index (χ2v) is 8.37. The van der Waals surface area contributed by atoms with Crippen LogP contribution in [-0.2, 0) is 19.1 Å². The van der Waals surface area contributed by atoms with Crippen molar-refractivity contribution in [3.8, 4) is 0 Å². The predicted octanol–water partition coefficient (Wildman–Crippen LogP) is 3.10. The van der Waals surface area contributed by atoms with E-state index < -0.39 is 29.9 Å². The molecule has 2 aliphatic heterocycles. The molecule has 34 heavy (non-hydrogen) atoms. The summed E-state index contributed by atoms with van der Waals surface area (Å²) in [5.74, 6) is -1.64. The van der Waals surface area contributed by atoms with Crippen LogP contribution in [0.5, 0.6) is 0 Å². The molecule has 2 heterocycles. The van der Waals surface area contributed by atoms with E-state index in [0.29, 0.717) is 11.3 Å². The third kappa shape index (κ3) is 4.62. The van der Waals surface area contributed by atoms with Crippen molar-refractivity contribution in [3.63, 3.8) is 0 Å². The lowest BCUT2D eigenvalue weighted by Gasteiger charge is -2.32. The number of anilines is 1. The number of hydrogen-bond donors (Lipinski definition) is 2. The molecule has 0 bridgehead atoms. The molecule has 1 unspecified atom stereocenters. The largest absolute Gasteiger partial charge is 0.462 e. The van der Waals surface area contributed by atoms with Crippen molar-refractivity contribution in [2.45, 2.75) is 17.9 Å². The van der Waals surface area contributed by atoms with E-state index in [1.807, 2.05) is 30.5 Å². The highest BCUT2D eigenvalue weighted by atomic mass is 32.2. The minimum Gasteiger partial charge on any atom is -0.462 e. The molecular formula is C24H23N3O6S. The summed E-state index contributed by atoms with van der Waals surface area (Å²) in [6, 6.07) is 12.8. The summed E-state index contributed by atoms with van der Waals surface area (Å²) < 4.78 is 10.2. The van der Waals surface area contributed by atoms with Gasteiger partial charge in [-0.1, -0.05) is 24.3 Å². The minimum atomic E-state index is -0.669. The number of carbonyl (C=O) groups excluding carboxylic acids is 4. The first kappa shape index (κ1) is 23.4. The Morgan fingerprint density at radius 3 is 2.62 bits per heavy atom. The Labute approximate surface area is 200 Å². The quantitative estimate of drug-likeness (QED) is 0.461. The van der Waals surface area contributed by atoms with E-state index in [4.69, 9.17) is 9.47 Å². The number of esters is 2. The molecule has 0 saturated carbocycles. The lowest BCUT2D eigenvalue weighted by atomic mass is 9.96. The maximum atomic E-state index is 13.0. The number of cyclic esters (lactones) is 1. The molecule has 2 aliphatic rings. The van der Waals surface area contributed by atoms with E-state index in [-0.39, 0.29) is 31.0 Å². The van der Waals surface area contributed by atoms with Gasteiger partial charge >= 0.3 is 18.0 Å². The summed E-state index contributed by atoms with van der Waals surface area (Å²) >= 11 is 1.59. The molecule has 0 radical (unpaired) electrons. The summed E-state index contributed by atoms with van der Waals surface area (Å²) in [6.07, 6.45) is 1.96. The van der Waals surface area contributed by atoms with Crippen molar-refractivity contribution in [2.75, 3.05) is 31.3 Å². The van der Waals surface area contributed by atoms with E-state index in [2.05, 4.69) is 10.6 Å². The van der Waals surface area contributed by atoms with Gasteiger partial charge < -0.3 is 20.1 Å². The Bertz CT molecular complexity index is 1180. The van der Waals surface area contributed by atoms with Gasteiger partial charge in [-0.05, 0) is 43.0 Å². The van der Waals surface area contributed by atoms with Crippen molar-refractivity contribution >= 4 is 41.3 Å². The number of amides is 3. The lowest BCUT2D eigenvalue weighted by molar-refractivity contribution is -0.136. The molecule has 0 spiro atoms. The van der Waals surface area contributed by atoms with Crippen LogP contribution in [0.3, 0.4) is 0 Å². The first-order valence-electron chi connectivity index (χ1n) is 10.6. The van der Waals surface area contributed by atoms with Gasteiger partial charge in [-0.25, -0.2) is 14.4 Å². The van der Waals surface area contributed by atoms with Crippen LogP contribution in [0.2, 0.25) is 0 Å². The SMILES string of the molecule is CCOC(=O)c1ccccc1NC(=O)CN1C(=O)NC(c2ccc(SC)cc2)C2=C1COC2=O. The van der Waals surface area contributed by atoms with Crippen molar-refractivity contribution in [2.24, 2.45) is 0 Å². The highest BCUT2D eigenvalue weighted by molar-refractivity contribution is 7.98. The predicted molar refractivity (Wildman–Crippen MR) is 125 cm³/mol. The number of para-hydroxylation sites is 1. The number of rotatable bonds is 7. The topological polar surface area (TPSA) is 114 Å². The molecule has 9 nitrogen and oxygen atoms in total. The molecular weight excluding hydrogens is 458 g/mol. The zero-order chi connectivity index (χ0) is 24.2. The van der Waals surface area contributed by atoms with E-state index in [1.54, 1.807) is 36.9 Å². The third-order valence-corrected chi connectivity index (χ3v) is 6.19. The Morgan fingerprint density at radius 1 is 1.18 bits per heavy atom. The van der Waals surface area contributed by atoms with Gasteiger partial charge in [-0.3, -0.25) is 9.69 Å². The Balaban J connectivity index is 1.56. The van der Waals surface area contributed by atoms with Gasteiger partial charge in [0.25, 0.3) is 0 Å². The van der Waals surface area contributed by atoms with Crippen LogP contribution in [0.4, 0.5) is 10.5 Å². The van der Waals surface area contributed by atoms with Crippen molar-refractivity contribution < 1.29 is 28.7 Å². The van der Waals surface area contributed by atoms with Crippen molar-refractivity contribution in [3.05, 3.63) is 70.9 Å². The smallest absolute Gasteiger partial charge is 0.340 e. The number of nitrogens with zero attached hydrogens (tertiary/aromatic N) is 1. The number of carbonyl (C=O) groups is 4. The first-order chi connectivity index (χ1) is 16.4. The summed E-state index contributed by atoms with van der Waals surface area (Å²) in [5.41, 5.74) is 1.86. The summed E-state index contributed by atoms with van der Waals surface area (Å²) in [4.78, 5) is 52.7. The fraction of sp³-hybridized carbons (Fsp3) is 0.250. The number of benzene rings is 2. The molecule has 0 fully saturated rings. The summed E-state index contributed by atoms with van der Waals surface area (Å²) in [7, 11) is 0. The highest BCUT2D eigenvalue weighted by Crippen LogP contribution is 2.35. The maximum Gasteiger partial charge on any atom is 0.340 e. The molecule has 2 aromatic carbocycles. The van der Waals surface area contributed by atoms with Crippen molar-refractivity contribution in [1.82, 2.24) is 10.2 Å². The molecule has 0 aromatic heterocycles. The van der Waals surface area contributed by atoms with Gasteiger partial charge in [-0.2, -0.15) is 0 Å². The molecule has 10 heteroatoms. The molecule has 2 N–H and O–H groups in total. The number of urea groups is 1. The van der Waals surface area contributed by atoms with Gasteiger partial charge in [0.15, 0.2) is 0 Å². The fourth-order valence-corrected chi connectivity index (χ4v) is 4.25. The van der Waals surface area contributed by atoms with E-state index in [1.165, 1.54) is 11.0 Å². The number of thioether (sulfide) groups is 1. The lowest BCUT2D eigenvalue weighted by Crippen LogP contribution is -2.49. The van der Waals surface area contributed by atoms with Crippen LogP contribution >= 0.6 is 11.8 Å². The van der Waals surface area contributed by atoms with Crippen LogP contribution in [0, 0.1) is 0 Å². The molecule has 0 saturated heterocycles. The Hall–Kier alpha value is -3.79. The molecule has 176 valence electrons. The molecule has 1 atom stereocenters. The van der Waals surface area contributed by atoms with Gasteiger partial charge in [0.1, 0.15) is 13.2 Å². The normalized spacial score (nSPS) is 17.1. The molecule has 3 amide bonds. The fourth-order valence-electron chi connectivity index (χ4n) is 3.84. The van der Waals surface area contributed by atoms with E-state index >= 15 is 0 Å². The molecule has 4 rings (SSSR count). The number of ether oxygens (including phenoxy) is 2. The third-order valence-electron chi connectivity index (χ3n) is 5.45. The number of nitrogens with one attached hydrogen (secondary N) is 2. The first-order valence-corrected chi connectivity index (χ1v) is 11.8. The highest BCUT2D eigenvalue weighted by Gasteiger charge is 2.42. The second-order valence-electron chi connectivity index (χ2n) is 7.49. The number of hydrogen-bond acceptors (Lipinski definition) is 7. The van der Waals surface area contributed by atoms with Gasteiger partial charge in [-0.15, -0.1) is 11.8 Å². The van der Waals surface area contributed by atoms with Crippen LogP contribution in [0.1, 0.15) is 28.9 Å². The molecule has 0 aliphatic carbocycles. The standard InChI is InChI=1S/C24H23N3O6S/c1-3-32-22(29)16-6-4-5-7-17(16)25-19(28)12-27-18-13-33-23(30)20(18)21(26-24(27)31)14-8-10-15(34-2)11-9-14/h4-11,21H,3,12-13H2,1-2H3,(H,25,28)(H,26,31).